The van der Waals surface area contributed by atoms with E-state index in [2.05, 4.69) is 99.2 Å². The van der Waals surface area contributed by atoms with Crippen LogP contribution in [0.2, 0.25) is 0 Å². The Labute approximate surface area is 196 Å². The molecule has 3 aromatic carbocycles. The topological polar surface area (TPSA) is 35.6 Å². The normalized spacial score (nSPS) is 11.5. The second-order valence-electron chi connectivity index (χ2n) is 8.36. The van der Waals surface area contributed by atoms with Crippen molar-refractivity contribution in [1.82, 2.24) is 19.1 Å². The summed E-state index contributed by atoms with van der Waals surface area (Å²) in [5, 5.41) is 2.48. The van der Waals surface area contributed by atoms with Crippen molar-refractivity contribution < 1.29 is 0 Å². The average Bonchev–Trinajstić information content (AvgIpc) is 3.46. The van der Waals surface area contributed by atoms with Gasteiger partial charge >= 0.3 is 0 Å². The fourth-order valence-corrected chi connectivity index (χ4v) is 5.00. The van der Waals surface area contributed by atoms with Crippen LogP contribution in [0.3, 0.4) is 0 Å². The van der Waals surface area contributed by atoms with Gasteiger partial charge < -0.3 is 9.13 Å². The maximum atomic E-state index is 4.86. The summed E-state index contributed by atoms with van der Waals surface area (Å²) < 4.78 is 4.60. The van der Waals surface area contributed by atoms with E-state index in [9.17, 15) is 0 Å². The minimum absolute atomic E-state index is 0.911. The zero-order valence-electron chi connectivity index (χ0n) is 18.3. The summed E-state index contributed by atoms with van der Waals surface area (Å²) in [7, 11) is 0. The van der Waals surface area contributed by atoms with Crippen molar-refractivity contribution in [3.8, 4) is 22.6 Å². The summed E-state index contributed by atoms with van der Waals surface area (Å²) in [6.45, 7) is 0. The monoisotopic (exact) mass is 436 g/mol. The third kappa shape index (κ3) is 2.72. The van der Waals surface area contributed by atoms with Gasteiger partial charge in [0, 0.05) is 40.6 Å². The van der Waals surface area contributed by atoms with Crippen LogP contribution in [-0.4, -0.2) is 19.1 Å². The van der Waals surface area contributed by atoms with E-state index in [4.69, 9.17) is 4.98 Å². The Bertz CT molecular complexity index is 1740. The SMILES string of the molecule is c1ccc(-n2cc(-c3ccccn3)c3nccc(-n4c5ccccc5c5ccccc54)c32)cc1. The molecule has 0 fully saturated rings. The predicted molar refractivity (Wildman–Crippen MR) is 139 cm³/mol. The second kappa shape index (κ2) is 7.42. The van der Waals surface area contributed by atoms with E-state index in [-0.39, 0.29) is 0 Å². The summed E-state index contributed by atoms with van der Waals surface area (Å²) in [5.74, 6) is 0. The summed E-state index contributed by atoms with van der Waals surface area (Å²) in [5.41, 5.74) is 8.45. The molecule has 7 aromatic rings. The smallest absolute Gasteiger partial charge is 0.100 e. The molecule has 4 heteroatoms. The number of benzene rings is 3. The lowest BCUT2D eigenvalue weighted by atomic mass is 10.2. The summed E-state index contributed by atoms with van der Waals surface area (Å²) in [4.78, 5) is 9.50. The molecule has 34 heavy (non-hydrogen) atoms. The van der Waals surface area contributed by atoms with E-state index in [0.717, 1.165) is 33.7 Å². The highest BCUT2D eigenvalue weighted by Crippen LogP contribution is 2.38. The van der Waals surface area contributed by atoms with Crippen molar-refractivity contribution in [2.75, 3.05) is 0 Å². The molecular formula is C30H20N4. The van der Waals surface area contributed by atoms with Crippen LogP contribution in [0.4, 0.5) is 0 Å². The van der Waals surface area contributed by atoms with Crippen molar-refractivity contribution in [3.63, 3.8) is 0 Å². The average molecular weight is 437 g/mol. The van der Waals surface area contributed by atoms with Gasteiger partial charge in [0.05, 0.1) is 27.9 Å². The number of pyridine rings is 2. The highest BCUT2D eigenvalue weighted by molar-refractivity contribution is 6.10. The van der Waals surface area contributed by atoms with Crippen LogP contribution in [0.15, 0.2) is 122 Å². The predicted octanol–water partition coefficient (Wildman–Crippen LogP) is 7.18. The lowest BCUT2D eigenvalue weighted by molar-refractivity contribution is 1.09. The maximum absolute atomic E-state index is 4.86. The molecule has 0 atom stereocenters. The first kappa shape index (κ1) is 18.8. The fourth-order valence-electron chi connectivity index (χ4n) is 5.00. The van der Waals surface area contributed by atoms with E-state index in [1.54, 1.807) is 0 Å². The minimum Gasteiger partial charge on any atom is -0.313 e. The molecule has 0 radical (unpaired) electrons. The summed E-state index contributed by atoms with van der Waals surface area (Å²) in [6, 6.07) is 35.7. The van der Waals surface area contributed by atoms with E-state index in [1.165, 1.54) is 21.8 Å². The zero-order valence-corrected chi connectivity index (χ0v) is 18.3. The maximum Gasteiger partial charge on any atom is 0.100 e. The highest BCUT2D eigenvalue weighted by atomic mass is 15.1. The molecule has 0 aliphatic heterocycles. The Morgan fingerprint density at radius 3 is 1.94 bits per heavy atom. The van der Waals surface area contributed by atoms with Crippen LogP contribution in [0.5, 0.6) is 0 Å². The molecule has 4 nitrogen and oxygen atoms in total. The van der Waals surface area contributed by atoms with Gasteiger partial charge in [-0.15, -0.1) is 0 Å². The van der Waals surface area contributed by atoms with Crippen LogP contribution in [0, 0.1) is 0 Å². The Balaban J connectivity index is 1.65. The lowest BCUT2D eigenvalue weighted by Crippen LogP contribution is -2.00. The molecule has 7 rings (SSSR count). The number of nitrogens with zero attached hydrogens (tertiary/aromatic N) is 4. The first-order valence-corrected chi connectivity index (χ1v) is 11.4. The van der Waals surface area contributed by atoms with Gasteiger partial charge in [0.15, 0.2) is 0 Å². The quantitative estimate of drug-likeness (QED) is 0.294. The molecular weight excluding hydrogens is 416 g/mol. The first-order valence-electron chi connectivity index (χ1n) is 11.4. The minimum atomic E-state index is 0.911. The molecule has 160 valence electrons. The number of hydrogen-bond acceptors (Lipinski definition) is 2. The van der Waals surface area contributed by atoms with Crippen LogP contribution >= 0.6 is 0 Å². The van der Waals surface area contributed by atoms with Crippen LogP contribution in [0.1, 0.15) is 0 Å². The zero-order chi connectivity index (χ0) is 22.5. The first-order chi connectivity index (χ1) is 16.9. The molecule has 0 saturated carbocycles. The lowest BCUT2D eigenvalue weighted by Gasteiger charge is -2.13. The van der Waals surface area contributed by atoms with Crippen LogP contribution < -0.4 is 0 Å². The number of aromatic nitrogens is 4. The van der Waals surface area contributed by atoms with E-state index in [1.807, 2.05) is 36.7 Å². The molecule has 0 spiro atoms. The van der Waals surface area contributed by atoms with Crippen molar-refractivity contribution in [3.05, 3.63) is 122 Å². The Morgan fingerprint density at radius 1 is 0.559 bits per heavy atom. The third-order valence-corrected chi connectivity index (χ3v) is 6.45. The van der Waals surface area contributed by atoms with Crippen molar-refractivity contribution in [2.45, 2.75) is 0 Å². The largest absolute Gasteiger partial charge is 0.313 e. The Morgan fingerprint density at radius 2 is 1.24 bits per heavy atom. The van der Waals surface area contributed by atoms with E-state index >= 15 is 0 Å². The summed E-state index contributed by atoms with van der Waals surface area (Å²) >= 11 is 0. The number of rotatable bonds is 3. The number of fused-ring (bicyclic) bond motifs is 4. The van der Waals surface area contributed by atoms with Crippen LogP contribution in [-0.2, 0) is 0 Å². The van der Waals surface area contributed by atoms with Gasteiger partial charge in [-0.2, -0.15) is 0 Å². The van der Waals surface area contributed by atoms with Gasteiger partial charge in [0.1, 0.15) is 5.52 Å². The fraction of sp³-hybridized carbons (Fsp3) is 0. The molecule has 0 N–H and O–H groups in total. The Kier molecular flexibility index (Phi) is 4.11. The van der Waals surface area contributed by atoms with Gasteiger partial charge in [0.2, 0.25) is 0 Å². The van der Waals surface area contributed by atoms with Crippen molar-refractivity contribution >= 4 is 32.8 Å². The molecule has 0 aliphatic carbocycles. The van der Waals surface area contributed by atoms with Gasteiger partial charge in [-0.05, 0) is 42.5 Å². The third-order valence-electron chi connectivity index (χ3n) is 6.45. The van der Waals surface area contributed by atoms with Gasteiger partial charge in [-0.25, -0.2) is 0 Å². The van der Waals surface area contributed by atoms with E-state index < -0.39 is 0 Å². The molecule has 0 bridgehead atoms. The Hall–Kier alpha value is -4.70. The molecule has 4 aromatic heterocycles. The van der Waals surface area contributed by atoms with Gasteiger partial charge in [-0.3, -0.25) is 9.97 Å². The highest BCUT2D eigenvalue weighted by Gasteiger charge is 2.20. The molecule has 0 saturated heterocycles. The molecule has 0 aliphatic rings. The number of para-hydroxylation sites is 3. The standard InChI is InChI=1S/C30H20N4/c1-2-10-21(11-3-1)33-20-24(25-14-8-9-18-31-25)29-30(33)28(17-19-32-29)34-26-15-6-4-12-22(26)23-13-5-7-16-27(23)34/h1-20H. The number of hydrogen-bond donors (Lipinski definition) is 0. The van der Waals surface area contributed by atoms with Gasteiger partial charge in [0.25, 0.3) is 0 Å². The summed E-state index contributed by atoms with van der Waals surface area (Å²) in [6.07, 6.45) is 5.90. The van der Waals surface area contributed by atoms with Crippen LogP contribution in [0.25, 0.3) is 55.5 Å². The molecule has 0 unspecified atom stereocenters. The van der Waals surface area contributed by atoms with Gasteiger partial charge in [-0.1, -0.05) is 60.7 Å². The molecule has 4 heterocycles. The van der Waals surface area contributed by atoms with Crippen molar-refractivity contribution in [1.29, 1.82) is 0 Å². The second-order valence-corrected chi connectivity index (χ2v) is 8.36. The van der Waals surface area contributed by atoms with E-state index in [0.29, 0.717) is 0 Å². The molecule has 0 amide bonds. The van der Waals surface area contributed by atoms with Crippen molar-refractivity contribution in [2.24, 2.45) is 0 Å².